The average Bonchev–Trinajstić information content (AvgIpc) is 2.67. The van der Waals surface area contributed by atoms with Crippen LogP contribution in [0.25, 0.3) is 11.3 Å². The van der Waals surface area contributed by atoms with E-state index in [1.807, 2.05) is 20.8 Å². The molecule has 0 atom stereocenters. The highest BCUT2D eigenvalue weighted by molar-refractivity contribution is 6.00. The summed E-state index contributed by atoms with van der Waals surface area (Å²) in [5.74, 6) is -0.637. The van der Waals surface area contributed by atoms with Crippen LogP contribution in [0.15, 0.2) is 42.6 Å². The molecule has 1 aromatic heterocycles. The number of aromatic nitrogens is 1. The van der Waals surface area contributed by atoms with Gasteiger partial charge in [0.25, 0.3) is 5.91 Å². The van der Waals surface area contributed by atoms with Crippen molar-refractivity contribution in [3.63, 3.8) is 0 Å². The number of piperidine rings is 1. The maximum atomic E-state index is 13.6. The molecule has 3 rings (SSSR count). The zero-order chi connectivity index (χ0) is 21.0. The monoisotopic (exact) mass is 399 g/mol. The summed E-state index contributed by atoms with van der Waals surface area (Å²) >= 11 is 0. The topological polar surface area (TPSA) is 71.5 Å². The summed E-state index contributed by atoms with van der Waals surface area (Å²) in [6.45, 7) is 6.54. The van der Waals surface area contributed by atoms with Gasteiger partial charge in [0.05, 0.1) is 11.3 Å². The molecular formula is C22H26FN3O3. The molecule has 2 amide bonds. The van der Waals surface area contributed by atoms with Gasteiger partial charge in [0.2, 0.25) is 0 Å². The smallest absolute Gasteiger partial charge is 0.410 e. The lowest BCUT2D eigenvalue weighted by Crippen LogP contribution is -2.47. The molecule has 0 spiro atoms. The average molecular weight is 399 g/mol. The van der Waals surface area contributed by atoms with E-state index in [0.717, 1.165) is 0 Å². The van der Waals surface area contributed by atoms with Crippen LogP contribution in [0, 0.1) is 5.82 Å². The first-order valence-corrected chi connectivity index (χ1v) is 9.73. The zero-order valence-corrected chi connectivity index (χ0v) is 16.9. The Bertz CT molecular complexity index is 887. The maximum Gasteiger partial charge on any atom is 0.410 e. The van der Waals surface area contributed by atoms with Gasteiger partial charge in [-0.1, -0.05) is 12.1 Å². The highest BCUT2D eigenvalue weighted by Gasteiger charge is 2.28. The normalized spacial score (nSPS) is 15.1. The molecule has 0 aliphatic carbocycles. The van der Waals surface area contributed by atoms with Crippen LogP contribution in [0.3, 0.4) is 0 Å². The molecule has 6 nitrogen and oxygen atoms in total. The van der Waals surface area contributed by atoms with E-state index >= 15 is 0 Å². The van der Waals surface area contributed by atoms with Crippen molar-refractivity contribution in [2.75, 3.05) is 13.1 Å². The van der Waals surface area contributed by atoms with Gasteiger partial charge in [0.15, 0.2) is 0 Å². The number of nitrogens with one attached hydrogen (secondary N) is 1. The predicted octanol–water partition coefficient (Wildman–Crippen LogP) is 4.02. The van der Waals surface area contributed by atoms with E-state index in [2.05, 4.69) is 10.3 Å². The fourth-order valence-corrected chi connectivity index (χ4v) is 3.25. The maximum absolute atomic E-state index is 13.6. The number of carbonyl (C=O) groups is 2. The molecule has 1 N–H and O–H groups in total. The molecule has 1 fully saturated rings. The second kappa shape index (κ2) is 8.59. The Hall–Kier alpha value is -2.96. The van der Waals surface area contributed by atoms with Gasteiger partial charge >= 0.3 is 6.09 Å². The number of hydrogen-bond acceptors (Lipinski definition) is 4. The Labute approximate surface area is 170 Å². The third-order valence-electron chi connectivity index (χ3n) is 4.63. The van der Waals surface area contributed by atoms with Crippen LogP contribution < -0.4 is 5.32 Å². The first-order valence-electron chi connectivity index (χ1n) is 9.73. The zero-order valence-electron chi connectivity index (χ0n) is 16.9. The number of nitrogens with zero attached hydrogens (tertiary/aromatic N) is 2. The molecule has 7 heteroatoms. The molecular weight excluding hydrogens is 373 g/mol. The third-order valence-corrected chi connectivity index (χ3v) is 4.63. The minimum atomic E-state index is -0.532. The number of benzene rings is 1. The van der Waals surface area contributed by atoms with Gasteiger partial charge < -0.3 is 15.0 Å². The van der Waals surface area contributed by atoms with Crippen molar-refractivity contribution >= 4 is 12.0 Å². The molecule has 1 aliphatic rings. The van der Waals surface area contributed by atoms with Gasteiger partial charge in [0, 0.05) is 30.9 Å². The van der Waals surface area contributed by atoms with Crippen molar-refractivity contribution in [3.8, 4) is 11.3 Å². The van der Waals surface area contributed by atoms with Crippen molar-refractivity contribution in [3.05, 3.63) is 54.0 Å². The molecule has 1 aliphatic heterocycles. The molecule has 1 saturated heterocycles. The standard InChI is InChI=1S/C22H26FN3O3/c1-22(2,3)29-21(28)26-12-9-17(10-13-26)25-20(27)18-8-5-11-24-19(18)15-6-4-7-16(23)14-15/h4-8,11,14,17H,9-10,12-13H2,1-3H3,(H,25,27). The van der Waals surface area contributed by atoms with Gasteiger partial charge in [-0.3, -0.25) is 9.78 Å². The van der Waals surface area contributed by atoms with E-state index in [9.17, 15) is 14.0 Å². The quantitative estimate of drug-likeness (QED) is 0.846. The van der Waals surface area contributed by atoms with E-state index in [4.69, 9.17) is 4.74 Å². The lowest BCUT2D eigenvalue weighted by Gasteiger charge is -2.33. The molecule has 2 heterocycles. The largest absolute Gasteiger partial charge is 0.444 e. The first kappa shape index (κ1) is 20.8. The summed E-state index contributed by atoms with van der Waals surface area (Å²) < 4.78 is 19.0. The summed E-state index contributed by atoms with van der Waals surface area (Å²) in [5.41, 5.74) is 0.856. The van der Waals surface area contributed by atoms with E-state index in [1.54, 1.807) is 35.4 Å². The minimum absolute atomic E-state index is 0.0539. The second-order valence-corrected chi connectivity index (χ2v) is 8.13. The number of halogens is 1. The minimum Gasteiger partial charge on any atom is -0.444 e. The number of pyridine rings is 1. The number of rotatable bonds is 3. The highest BCUT2D eigenvalue weighted by atomic mass is 19.1. The van der Waals surface area contributed by atoms with Gasteiger partial charge in [-0.05, 0) is 57.9 Å². The Morgan fingerprint density at radius 3 is 2.55 bits per heavy atom. The molecule has 29 heavy (non-hydrogen) atoms. The van der Waals surface area contributed by atoms with Crippen LogP contribution in [0.2, 0.25) is 0 Å². The van der Waals surface area contributed by atoms with Crippen molar-refractivity contribution < 1.29 is 18.7 Å². The highest BCUT2D eigenvalue weighted by Crippen LogP contribution is 2.23. The molecule has 2 aromatic rings. The number of likely N-dealkylation sites (tertiary alicyclic amines) is 1. The van der Waals surface area contributed by atoms with Crippen molar-refractivity contribution in [2.24, 2.45) is 0 Å². The van der Waals surface area contributed by atoms with E-state index in [1.165, 1.54) is 12.1 Å². The van der Waals surface area contributed by atoms with Gasteiger partial charge in [-0.2, -0.15) is 0 Å². The van der Waals surface area contributed by atoms with E-state index < -0.39 is 5.60 Å². The van der Waals surface area contributed by atoms with E-state index in [0.29, 0.717) is 42.8 Å². The van der Waals surface area contributed by atoms with Gasteiger partial charge in [0.1, 0.15) is 11.4 Å². The number of ether oxygens (including phenoxy) is 1. The number of carbonyl (C=O) groups excluding carboxylic acids is 2. The lowest BCUT2D eigenvalue weighted by molar-refractivity contribution is 0.0199. The van der Waals surface area contributed by atoms with Crippen LogP contribution in [-0.4, -0.2) is 46.6 Å². The van der Waals surface area contributed by atoms with Crippen LogP contribution >= 0.6 is 0 Å². The van der Waals surface area contributed by atoms with Crippen LogP contribution in [0.1, 0.15) is 44.0 Å². The van der Waals surface area contributed by atoms with Gasteiger partial charge in [-0.15, -0.1) is 0 Å². The predicted molar refractivity (Wildman–Crippen MR) is 108 cm³/mol. The fraction of sp³-hybridized carbons (Fsp3) is 0.409. The van der Waals surface area contributed by atoms with Crippen molar-refractivity contribution in [1.29, 1.82) is 0 Å². The second-order valence-electron chi connectivity index (χ2n) is 8.13. The Morgan fingerprint density at radius 1 is 1.17 bits per heavy atom. The van der Waals surface area contributed by atoms with Gasteiger partial charge in [-0.25, -0.2) is 9.18 Å². The molecule has 0 saturated carbocycles. The number of amides is 2. The molecule has 0 bridgehead atoms. The van der Waals surface area contributed by atoms with Crippen LogP contribution in [0.5, 0.6) is 0 Å². The van der Waals surface area contributed by atoms with Crippen molar-refractivity contribution in [1.82, 2.24) is 15.2 Å². The molecule has 0 unspecified atom stereocenters. The van der Waals surface area contributed by atoms with Crippen LogP contribution in [-0.2, 0) is 4.74 Å². The molecule has 154 valence electrons. The number of hydrogen-bond donors (Lipinski definition) is 1. The van der Waals surface area contributed by atoms with E-state index in [-0.39, 0.29) is 23.9 Å². The summed E-state index contributed by atoms with van der Waals surface area (Å²) in [5, 5.41) is 3.02. The first-order chi connectivity index (χ1) is 13.7. The third kappa shape index (κ3) is 5.53. The Morgan fingerprint density at radius 2 is 1.90 bits per heavy atom. The lowest BCUT2D eigenvalue weighted by atomic mass is 10.0. The Balaban J connectivity index is 1.63. The molecule has 1 aromatic carbocycles. The fourth-order valence-electron chi connectivity index (χ4n) is 3.25. The van der Waals surface area contributed by atoms with Crippen LogP contribution in [0.4, 0.5) is 9.18 Å². The Kier molecular flexibility index (Phi) is 6.15. The summed E-state index contributed by atoms with van der Waals surface area (Å²) in [4.78, 5) is 31.0. The van der Waals surface area contributed by atoms with Crippen molar-refractivity contribution in [2.45, 2.75) is 45.3 Å². The SMILES string of the molecule is CC(C)(C)OC(=O)N1CCC(NC(=O)c2cccnc2-c2cccc(F)c2)CC1. The summed E-state index contributed by atoms with van der Waals surface area (Å²) in [6.07, 6.45) is 2.53. The summed E-state index contributed by atoms with van der Waals surface area (Å²) in [6, 6.07) is 9.33. The molecule has 0 radical (unpaired) electrons. The summed E-state index contributed by atoms with van der Waals surface area (Å²) in [7, 11) is 0.